The highest BCUT2D eigenvalue weighted by Gasteiger charge is 2.55. The minimum absolute atomic E-state index is 0.0160. The van der Waals surface area contributed by atoms with E-state index in [1.165, 1.54) is 0 Å². The fourth-order valence-electron chi connectivity index (χ4n) is 3.98. The first-order valence-corrected chi connectivity index (χ1v) is 6.07. The molecule has 1 N–H and O–H groups in total. The van der Waals surface area contributed by atoms with Gasteiger partial charge in [-0.1, -0.05) is 6.92 Å². The summed E-state index contributed by atoms with van der Waals surface area (Å²) in [4.78, 5) is 11.7. The van der Waals surface area contributed by atoms with E-state index in [-0.39, 0.29) is 30.0 Å². The molecule has 0 spiro atoms. The Morgan fingerprint density at radius 2 is 2.00 bits per heavy atom. The molecule has 0 unspecified atom stereocenters. The predicted octanol–water partition coefficient (Wildman–Crippen LogP) is 1.34. The van der Waals surface area contributed by atoms with Crippen LogP contribution in [0, 0.1) is 23.7 Å². The Morgan fingerprint density at radius 3 is 2.80 bits per heavy atom. The number of hydrogen-bond acceptors (Lipinski definition) is 3. The summed E-state index contributed by atoms with van der Waals surface area (Å²) in [5.41, 5.74) is 0. The zero-order chi connectivity index (χ0) is 10.6. The third-order valence-electron chi connectivity index (χ3n) is 4.69. The molecule has 4 bridgehead atoms. The van der Waals surface area contributed by atoms with Gasteiger partial charge in [-0.25, -0.2) is 0 Å². The van der Waals surface area contributed by atoms with E-state index in [0.29, 0.717) is 11.8 Å². The Bertz CT molecular complexity index is 289. The van der Waals surface area contributed by atoms with Gasteiger partial charge in [-0.3, -0.25) is 4.79 Å². The molecule has 15 heavy (non-hydrogen) atoms. The lowest BCUT2D eigenvalue weighted by Crippen LogP contribution is -2.57. The van der Waals surface area contributed by atoms with Crippen molar-refractivity contribution in [2.75, 3.05) is 0 Å². The molecule has 3 heteroatoms. The summed E-state index contributed by atoms with van der Waals surface area (Å²) >= 11 is 0. The van der Waals surface area contributed by atoms with E-state index in [2.05, 4.69) is 6.92 Å². The zero-order valence-electron chi connectivity index (χ0n) is 9.06. The average Bonchev–Trinajstić information content (AvgIpc) is 2.21. The summed E-state index contributed by atoms with van der Waals surface area (Å²) < 4.78 is 5.49. The van der Waals surface area contributed by atoms with Crippen molar-refractivity contribution in [1.29, 1.82) is 0 Å². The molecule has 0 amide bonds. The van der Waals surface area contributed by atoms with Crippen LogP contribution in [-0.4, -0.2) is 23.3 Å². The van der Waals surface area contributed by atoms with E-state index in [0.717, 1.165) is 25.7 Å². The molecule has 3 rings (SSSR count). The van der Waals surface area contributed by atoms with Crippen LogP contribution in [0.2, 0.25) is 0 Å². The minimum Gasteiger partial charge on any atom is -0.462 e. The molecule has 1 saturated heterocycles. The van der Waals surface area contributed by atoms with Gasteiger partial charge in [0.2, 0.25) is 0 Å². The van der Waals surface area contributed by atoms with Crippen LogP contribution < -0.4 is 0 Å². The number of rotatable bonds is 0. The molecule has 0 radical (unpaired) electrons. The highest BCUT2D eigenvalue weighted by Crippen LogP contribution is 2.51. The monoisotopic (exact) mass is 210 g/mol. The lowest BCUT2D eigenvalue weighted by Gasteiger charge is -2.53. The largest absolute Gasteiger partial charge is 0.462 e. The summed E-state index contributed by atoms with van der Waals surface area (Å²) in [6.07, 6.45) is 3.51. The van der Waals surface area contributed by atoms with Crippen LogP contribution in [0.1, 0.15) is 32.6 Å². The van der Waals surface area contributed by atoms with Crippen molar-refractivity contribution in [3.05, 3.63) is 0 Å². The van der Waals surface area contributed by atoms with Crippen LogP contribution in [0.15, 0.2) is 0 Å². The number of aliphatic hydroxyl groups is 1. The highest BCUT2D eigenvalue weighted by atomic mass is 16.5. The Labute approximate surface area is 89.8 Å². The van der Waals surface area contributed by atoms with Crippen molar-refractivity contribution in [2.45, 2.75) is 44.8 Å². The molecule has 6 atom stereocenters. The normalized spacial score (nSPS) is 53.6. The van der Waals surface area contributed by atoms with Gasteiger partial charge in [-0.2, -0.15) is 0 Å². The molecule has 0 aromatic carbocycles. The quantitative estimate of drug-likeness (QED) is 0.614. The zero-order valence-corrected chi connectivity index (χ0v) is 9.06. The van der Waals surface area contributed by atoms with Gasteiger partial charge in [0, 0.05) is 11.8 Å². The Balaban J connectivity index is 1.97. The molecular weight excluding hydrogens is 192 g/mol. The second kappa shape index (κ2) is 3.21. The fourth-order valence-corrected chi connectivity index (χ4v) is 3.98. The minimum atomic E-state index is -0.271. The van der Waals surface area contributed by atoms with Crippen LogP contribution >= 0.6 is 0 Å². The molecule has 2 aliphatic carbocycles. The molecule has 3 aliphatic rings. The Hall–Kier alpha value is -0.570. The van der Waals surface area contributed by atoms with Gasteiger partial charge in [0.15, 0.2) is 0 Å². The topological polar surface area (TPSA) is 46.5 Å². The van der Waals surface area contributed by atoms with Crippen LogP contribution in [-0.2, 0) is 9.53 Å². The van der Waals surface area contributed by atoms with E-state index >= 15 is 0 Å². The molecule has 0 aromatic heterocycles. The van der Waals surface area contributed by atoms with Crippen LogP contribution in [0.5, 0.6) is 0 Å². The lowest BCUT2D eigenvalue weighted by atomic mass is 9.58. The van der Waals surface area contributed by atoms with Crippen molar-refractivity contribution in [3.8, 4) is 0 Å². The SMILES string of the molecule is C[C@H]1CC[C@H]2C(=O)O[C@@H]3CC[C@H](O)[C@H]2[C@H]13. The van der Waals surface area contributed by atoms with E-state index in [1.807, 2.05) is 0 Å². The first-order chi connectivity index (χ1) is 7.18. The predicted molar refractivity (Wildman–Crippen MR) is 54.0 cm³/mol. The maximum Gasteiger partial charge on any atom is 0.309 e. The van der Waals surface area contributed by atoms with Crippen LogP contribution in [0.25, 0.3) is 0 Å². The molecule has 3 fully saturated rings. The van der Waals surface area contributed by atoms with Crippen molar-refractivity contribution >= 4 is 5.97 Å². The van der Waals surface area contributed by atoms with Crippen molar-refractivity contribution in [1.82, 2.24) is 0 Å². The first-order valence-electron chi connectivity index (χ1n) is 6.07. The molecule has 84 valence electrons. The maximum absolute atomic E-state index is 11.7. The molecule has 3 nitrogen and oxygen atoms in total. The summed E-state index contributed by atoms with van der Waals surface area (Å²) in [6.45, 7) is 2.23. The number of hydrogen-bond donors (Lipinski definition) is 1. The van der Waals surface area contributed by atoms with Crippen LogP contribution in [0.3, 0.4) is 0 Å². The summed E-state index contributed by atoms with van der Waals surface area (Å²) in [7, 11) is 0. The maximum atomic E-state index is 11.7. The third-order valence-corrected chi connectivity index (χ3v) is 4.69. The van der Waals surface area contributed by atoms with Gasteiger partial charge in [0.1, 0.15) is 6.10 Å². The molecule has 2 saturated carbocycles. The number of carbonyl (C=O) groups excluding carboxylic acids is 1. The second-order valence-corrected chi connectivity index (χ2v) is 5.44. The van der Waals surface area contributed by atoms with E-state index in [4.69, 9.17) is 4.74 Å². The van der Waals surface area contributed by atoms with Gasteiger partial charge < -0.3 is 9.84 Å². The standard InChI is InChI=1S/C12H18O3/c1-6-2-3-7-11-8(13)4-5-9(10(6)11)15-12(7)14/h6-11,13H,2-5H2,1H3/t6-,7+,8-,9+,10+,11-/m0/s1. The van der Waals surface area contributed by atoms with E-state index in [9.17, 15) is 9.90 Å². The summed E-state index contributed by atoms with van der Waals surface area (Å²) in [5.74, 6) is 1.14. The first kappa shape index (κ1) is 9.64. The number of esters is 1. The Morgan fingerprint density at radius 1 is 1.20 bits per heavy atom. The van der Waals surface area contributed by atoms with Gasteiger partial charge in [-0.05, 0) is 31.6 Å². The average molecular weight is 210 g/mol. The highest BCUT2D eigenvalue weighted by molar-refractivity contribution is 5.74. The number of ether oxygens (including phenoxy) is 1. The second-order valence-electron chi connectivity index (χ2n) is 5.44. The van der Waals surface area contributed by atoms with E-state index in [1.54, 1.807) is 0 Å². The molecule has 1 heterocycles. The van der Waals surface area contributed by atoms with Gasteiger partial charge in [0.05, 0.1) is 12.0 Å². The summed E-state index contributed by atoms with van der Waals surface area (Å²) in [5, 5.41) is 10.1. The lowest BCUT2D eigenvalue weighted by molar-refractivity contribution is -0.203. The number of carbonyl (C=O) groups is 1. The Kier molecular flexibility index (Phi) is 2.06. The van der Waals surface area contributed by atoms with Crippen LogP contribution in [0.4, 0.5) is 0 Å². The molecule has 0 aromatic rings. The van der Waals surface area contributed by atoms with Crippen molar-refractivity contribution in [2.24, 2.45) is 23.7 Å². The fraction of sp³-hybridized carbons (Fsp3) is 0.917. The third kappa shape index (κ3) is 1.25. The van der Waals surface area contributed by atoms with Gasteiger partial charge in [-0.15, -0.1) is 0 Å². The smallest absolute Gasteiger partial charge is 0.309 e. The number of aliphatic hydroxyl groups excluding tert-OH is 1. The van der Waals surface area contributed by atoms with Crippen molar-refractivity contribution < 1.29 is 14.6 Å². The van der Waals surface area contributed by atoms with Gasteiger partial charge >= 0.3 is 5.97 Å². The van der Waals surface area contributed by atoms with Gasteiger partial charge in [0.25, 0.3) is 0 Å². The molecular formula is C12H18O3. The van der Waals surface area contributed by atoms with E-state index < -0.39 is 0 Å². The summed E-state index contributed by atoms with van der Waals surface area (Å²) in [6, 6.07) is 0. The van der Waals surface area contributed by atoms with Crippen molar-refractivity contribution in [3.63, 3.8) is 0 Å². The molecule has 1 aliphatic heterocycles.